The van der Waals surface area contributed by atoms with E-state index in [1.165, 1.54) is 12.8 Å². The molecule has 0 aliphatic carbocycles. The first-order chi connectivity index (χ1) is 65.4. The van der Waals surface area contributed by atoms with Crippen molar-refractivity contribution in [2.24, 2.45) is 39.7 Å². The Morgan fingerprint density at radius 3 is 1.21 bits per heavy atom. The van der Waals surface area contributed by atoms with Crippen molar-refractivity contribution < 1.29 is 28.5 Å². The lowest BCUT2D eigenvalue weighted by atomic mass is 10.1. The van der Waals surface area contributed by atoms with Crippen molar-refractivity contribution in [2.45, 2.75) is 37.9 Å². The van der Waals surface area contributed by atoms with Crippen molar-refractivity contribution in [3.05, 3.63) is 239 Å². The van der Waals surface area contributed by atoms with Crippen LogP contribution in [0.2, 0.25) is 10.0 Å². The van der Waals surface area contributed by atoms with E-state index in [1.807, 2.05) is 222 Å². The number of nitrogens with zero attached hydrogens (tertiary/aromatic N) is 20. The van der Waals surface area contributed by atoms with Gasteiger partial charge in [0.15, 0.2) is 0 Å². The van der Waals surface area contributed by atoms with Crippen molar-refractivity contribution in [1.82, 2.24) is 98.6 Å². The molecule has 3 saturated heterocycles. The second kappa shape index (κ2) is 43.1. The average Bonchev–Trinajstić information content (AvgIpc) is 1.72. The summed E-state index contributed by atoms with van der Waals surface area (Å²) in [7, 11) is 11.3. The van der Waals surface area contributed by atoms with Crippen LogP contribution in [0.15, 0.2) is 212 Å². The molecule has 135 heavy (non-hydrogen) atoms. The average molecular weight is 1910 g/mol. The van der Waals surface area contributed by atoms with Crippen LogP contribution in [0.4, 0.5) is 46.5 Å². The first kappa shape index (κ1) is 93.1. The fraction of sp³-hybridized carbons (Fsp3) is 0.240. The first-order valence-corrected chi connectivity index (χ1v) is 45.1. The number of fused-ring (bicyclic) bond motifs is 4. The van der Waals surface area contributed by atoms with Crippen molar-refractivity contribution in [1.29, 1.82) is 0 Å². The first-order valence-electron chi connectivity index (χ1n) is 43.5. The predicted molar refractivity (Wildman–Crippen MR) is 532 cm³/mol. The Kier molecular flexibility index (Phi) is 29.7. The maximum absolute atomic E-state index is 12.8. The minimum Gasteiger partial charge on any atom is -0.492 e. The molecule has 0 unspecified atom stereocenters. The Labute approximate surface area is 798 Å². The summed E-state index contributed by atoms with van der Waals surface area (Å²) in [6, 6.07) is 42.1. The van der Waals surface area contributed by atoms with Crippen LogP contribution in [0, 0.1) is 37.0 Å². The van der Waals surface area contributed by atoms with Gasteiger partial charge in [-0.2, -0.15) is 20.4 Å². The summed E-state index contributed by atoms with van der Waals surface area (Å²) in [6.45, 7) is 7.21. The van der Waals surface area contributed by atoms with Gasteiger partial charge < -0.3 is 66.4 Å². The molecule has 3 aliphatic rings. The van der Waals surface area contributed by atoms with Gasteiger partial charge >= 0.3 is 0 Å². The number of likely N-dealkylation sites (tertiary alicyclic amines) is 3. The molecule has 3 aliphatic heterocycles. The quantitative estimate of drug-likeness (QED) is 0.0274. The lowest BCUT2D eigenvalue weighted by Crippen LogP contribution is -2.38. The molecule has 0 saturated carbocycles. The molecule has 8 aromatic carbocycles. The standard InChI is InChI=1S/C30H31N7O2.C28H29N7O2.C22H19ClN6O.C20H18BrClN6O/c1-3-21-6-7-28-23(12-21)16-31-30(34-28)33-25-13-22(24-17-32-35(2)18-24)14-27(15-25)39-26-8-11-37(19-26)29(38)20-36-9-4-5-10-36;1-5-19-6-7-26-21(10-19)14-29-28(32-26)31-23-11-20(22-15-30-34(4)16-22)12-25(13-23)37-24-8-9-35(17-24)27(36)18-33(2)3;1-3-14-6-16-11-25-22(28-21(16)20(23)7-14)27-18-8-15(17-12-26-29(2)13-17)9-19(10-18)30-5-4-24;1-28-11-14(10-25-28)12-5-16(8-17(6-12)29-3-2-23)26-20-24-9-13-4-15(21)7-18(22)19(13)27-20/h1,6-7,12-18,26H,4-5,8-11,19-20H2,2H3,(H,31,33,34);1,6-7,10-16,24H,8-9,17-18H2,2-4H3,(H,29,31,32);1,6-13H,4-5,24H2,2H3,(H,25,27,28);4-11H,2-3,23H2,1H3,(H,24,26,27)/t26-;24-;;/m00../s1. The van der Waals surface area contributed by atoms with Crippen molar-refractivity contribution in [2.75, 3.05) is 114 Å². The lowest BCUT2D eigenvalue weighted by molar-refractivity contribution is -0.132. The summed E-state index contributed by atoms with van der Waals surface area (Å²) in [5.74, 6) is 12.8. The molecule has 35 heteroatoms. The van der Waals surface area contributed by atoms with Gasteiger partial charge in [-0.1, -0.05) is 56.9 Å². The van der Waals surface area contributed by atoms with Crippen LogP contribution in [0.5, 0.6) is 23.0 Å². The molecule has 2 amide bonds. The van der Waals surface area contributed by atoms with Crippen LogP contribution < -0.4 is 51.7 Å². The number of nitrogens with one attached hydrogen (secondary N) is 4. The maximum Gasteiger partial charge on any atom is 0.236 e. The van der Waals surface area contributed by atoms with Gasteiger partial charge in [0, 0.05) is 229 Å². The zero-order valence-corrected chi connectivity index (χ0v) is 78.1. The van der Waals surface area contributed by atoms with Gasteiger partial charge in [-0.05, 0) is 171 Å². The van der Waals surface area contributed by atoms with Gasteiger partial charge in [0.05, 0.1) is 83.1 Å². The van der Waals surface area contributed by atoms with E-state index in [4.69, 9.17) is 72.9 Å². The van der Waals surface area contributed by atoms with Gasteiger partial charge in [-0.3, -0.25) is 33.2 Å². The molecule has 2 atom stereocenters. The third kappa shape index (κ3) is 24.4. The molecule has 8 N–H and O–H groups in total. The number of likely N-dealkylation sites (N-methyl/N-ethyl adjacent to an activating group) is 1. The fourth-order valence-electron chi connectivity index (χ4n) is 15.6. The van der Waals surface area contributed by atoms with Crippen LogP contribution >= 0.6 is 39.1 Å². The third-order valence-electron chi connectivity index (χ3n) is 22.1. The number of carbonyl (C=O) groups is 2. The third-order valence-corrected chi connectivity index (χ3v) is 23.1. The van der Waals surface area contributed by atoms with E-state index >= 15 is 0 Å². The summed E-state index contributed by atoms with van der Waals surface area (Å²) in [5.41, 5.74) is 27.1. The smallest absolute Gasteiger partial charge is 0.236 e. The van der Waals surface area contributed by atoms with Crippen LogP contribution in [-0.2, 0) is 37.8 Å². The summed E-state index contributed by atoms with van der Waals surface area (Å²) in [4.78, 5) is 69.4. The van der Waals surface area contributed by atoms with Gasteiger partial charge in [0.25, 0.3) is 0 Å². The molecule has 0 bridgehead atoms. The number of aryl methyl sites for hydroxylation is 4. The van der Waals surface area contributed by atoms with Crippen LogP contribution in [0.3, 0.4) is 0 Å². The minimum atomic E-state index is -0.0784. The summed E-state index contributed by atoms with van der Waals surface area (Å²) in [6.07, 6.45) is 42.3. The highest BCUT2D eigenvalue weighted by Crippen LogP contribution is 2.38. The van der Waals surface area contributed by atoms with E-state index in [0.717, 1.165) is 154 Å². The number of nitrogens with two attached hydrogens (primary N) is 2. The number of aromatic nitrogens is 16. The number of ether oxygens (including phenoxy) is 4. The molecule has 0 radical (unpaired) electrons. The largest absolute Gasteiger partial charge is 0.492 e. The van der Waals surface area contributed by atoms with E-state index in [2.05, 4.69) is 120 Å². The van der Waals surface area contributed by atoms with E-state index in [9.17, 15) is 9.59 Å². The second-order valence-corrected chi connectivity index (χ2v) is 34.5. The predicted octanol–water partition coefficient (Wildman–Crippen LogP) is 15.4. The molecular weight excluding hydrogens is 1810 g/mol. The molecule has 684 valence electrons. The number of rotatable bonds is 26. The van der Waals surface area contributed by atoms with Crippen molar-refractivity contribution in [3.8, 4) is 105 Å². The highest BCUT2D eigenvalue weighted by Gasteiger charge is 2.31. The van der Waals surface area contributed by atoms with E-state index in [-0.39, 0.29) is 24.0 Å². The van der Waals surface area contributed by atoms with Gasteiger partial charge in [0.2, 0.25) is 35.6 Å². The Bertz CT molecular complexity index is 7160. The van der Waals surface area contributed by atoms with Crippen LogP contribution in [-0.4, -0.2) is 215 Å². The number of amides is 2. The topological polar surface area (TPSA) is 359 Å². The number of anilines is 8. The van der Waals surface area contributed by atoms with Gasteiger partial charge in [-0.15, -0.1) is 19.3 Å². The number of hydrogen-bond donors (Lipinski definition) is 6. The van der Waals surface area contributed by atoms with Crippen LogP contribution in [0.25, 0.3) is 88.1 Å². The normalized spacial score (nSPS) is 14.0. The Morgan fingerprint density at radius 1 is 0.444 bits per heavy atom. The molecule has 16 aromatic rings. The number of terminal acetylenes is 3. The number of benzene rings is 8. The molecule has 19 rings (SSSR count). The van der Waals surface area contributed by atoms with Crippen molar-refractivity contribution >= 4 is 141 Å². The fourth-order valence-corrected chi connectivity index (χ4v) is 16.8. The number of carbonyl (C=O) groups excluding carboxylic acids is 2. The summed E-state index contributed by atoms with van der Waals surface area (Å²) in [5, 5.41) is 34.6. The Hall–Kier alpha value is -15.1. The summed E-state index contributed by atoms with van der Waals surface area (Å²) >= 11 is 16.1. The van der Waals surface area contributed by atoms with E-state index in [0.29, 0.717) is 127 Å². The molecule has 8 aromatic heterocycles. The van der Waals surface area contributed by atoms with E-state index < -0.39 is 0 Å². The molecule has 32 nitrogen and oxygen atoms in total. The highest BCUT2D eigenvalue weighted by molar-refractivity contribution is 9.10. The van der Waals surface area contributed by atoms with Crippen LogP contribution in [0.1, 0.15) is 42.4 Å². The number of hydrogen-bond acceptors (Lipinski definition) is 26. The van der Waals surface area contributed by atoms with Gasteiger partial charge in [-0.25, -0.2) is 39.9 Å². The zero-order valence-electron chi connectivity index (χ0n) is 75.0. The van der Waals surface area contributed by atoms with Gasteiger partial charge in [0.1, 0.15) is 48.4 Å². The van der Waals surface area contributed by atoms with Crippen molar-refractivity contribution in [3.63, 3.8) is 0 Å². The minimum absolute atomic E-state index is 0.0632. The Morgan fingerprint density at radius 2 is 0.815 bits per heavy atom. The van der Waals surface area contributed by atoms with E-state index in [1.54, 1.807) is 62.0 Å². The molecular formula is C100H97BrCl2N26O6. The molecule has 3 fully saturated rings. The highest BCUT2D eigenvalue weighted by atomic mass is 79.9. The molecule has 0 spiro atoms. The second-order valence-electron chi connectivity index (χ2n) is 32.8. The maximum atomic E-state index is 12.8. The number of halogens is 3. The zero-order chi connectivity index (χ0) is 94.2. The SMILES string of the molecule is C#Cc1cc(Cl)c2nc(Nc3cc(OCCN)cc(-c4cnn(C)c4)c3)ncc2c1.C#Cc1ccc2nc(Nc3cc(O[C@H]4CCN(C(=O)CN(C)C)C4)cc(-c4cnn(C)c4)c3)ncc2c1.C#Cc1ccc2nc(Nc3cc(O[C@H]4CCN(C(=O)CN5CCCC5)C4)cc(-c4cnn(C)c4)c3)ncc2c1.Cn1cc(-c2cc(Nc3ncc4cc(Br)cc(Cl)c4n3)cc(OCCN)c2)cn1. The molecule has 11 heterocycles. The monoisotopic (exact) mass is 1910 g/mol. The summed E-state index contributed by atoms with van der Waals surface area (Å²) < 4.78 is 32.2. The lowest BCUT2D eigenvalue weighted by Gasteiger charge is -2.21. The Balaban J connectivity index is 0.000000132.